The lowest BCUT2D eigenvalue weighted by Crippen LogP contribution is -2.15. The molecule has 0 aromatic rings. The summed E-state index contributed by atoms with van der Waals surface area (Å²) < 4.78 is 15.2. The first-order valence-electron chi connectivity index (χ1n) is 28.1. The molecule has 6 unspecified atom stereocenters. The molecule has 3 heterocycles. The highest BCUT2D eigenvalue weighted by atomic mass is 16.6. The van der Waals surface area contributed by atoms with Crippen molar-refractivity contribution in [2.24, 2.45) is 0 Å². The summed E-state index contributed by atoms with van der Waals surface area (Å²) in [5, 5.41) is 50.1. The molecule has 0 bridgehead atoms. The molecule has 12 nitrogen and oxygen atoms in total. The van der Waals surface area contributed by atoms with E-state index in [9.17, 15) is 14.4 Å². The van der Waals surface area contributed by atoms with Gasteiger partial charge in [0.1, 0.15) is 6.10 Å². The first-order valence-corrected chi connectivity index (χ1v) is 28.1. The number of aliphatic hydroxyl groups is 3. The third-order valence-electron chi connectivity index (χ3n) is 12.7. The average molecular weight is 981 g/mol. The fourth-order valence-corrected chi connectivity index (χ4v) is 7.98. The molecule has 69 heavy (non-hydrogen) atoms. The van der Waals surface area contributed by atoms with E-state index in [1.165, 1.54) is 173 Å². The third-order valence-corrected chi connectivity index (χ3v) is 12.7. The van der Waals surface area contributed by atoms with E-state index in [2.05, 4.69) is 57.2 Å². The molecule has 0 saturated carbocycles. The summed E-state index contributed by atoms with van der Waals surface area (Å²) in [7, 11) is 0. The Morgan fingerprint density at radius 3 is 0.739 bits per heavy atom. The Balaban J connectivity index is 0.000000946. The molecule has 0 amide bonds. The maximum absolute atomic E-state index is 10.6. The summed E-state index contributed by atoms with van der Waals surface area (Å²) in [6, 6.07) is 0. The standard InChI is InChI=1S/3C18H32O3.C3H8O3/c3*1-2-3-4-5-6-7-8-9-10-11-12-13-14-15-16-17(21-16)18(19)20;4-1-3(6)2-5/h3*9-10,16-17H,2-8,11-15H2,1H3,(H,19,20);3-6H,1-2H2. The number of carboxylic acids is 3. The molecule has 3 rings (SSSR count). The second kappa shape index (κ2) is 49.0. The monoisotopic (exact) mass is 981 g/mol. The van der Waals surface area contributed by atoms with E-state index in [-0.39, 0.29) is 31.5 Å². The van der Waals surface area contributed by atoms with Gasteiger partial charge in [-0.15, -0.1) is 0 Å². The second-order valence-electron chi connectivity index (χ2n) is 19.3. The molecule has 3 aliphatic rings. The lowest BCUT2D eigenvalue weighted by atomic mass is 10.1. The Kier molecular flexibility index (Phi) is 47.1. The maximum atomic E-state index is 10.6. The van der Waals surface area contributed by atoms with Crippen LogP contribution in [0.5, 0.6) is 0 Å². The molecular formula is C57H104O12. The topological polar surface area (TPSA) is 210 Å². The largest absolute Gasteiger partial charge is 0.479 e. The van der Waals surface area contributed by atoms with Crippen LogP contribution in [0.25, 0.3) is 0 Å². The van der Waals surface area contributed by atoms with Gasteiger partial charge in [0.05, 0.1) is 31.5 Å². The average Bonchev–Trinajstić information content (AvgIpc) is 4.24. The quantitative estimate of drug-likeness (QED) is 0.0191. The lowest BCUT2D eigenvalue weighted by Gasteiger charge is -1.98. The highest BCUT2D eigenvalue weighted by Crippen LogP contribution is 2.29. The van der Waals surface area contributed by atoms with Gasteiger partial charge in [-0.25, -0.2) is 14.4 Å². The van der Waals surface area contributed by atoms with E-state index in [1.807, 2.05) is 0 Å². The summed E-state index contributed by atoms with van der Waals surface area (Å²) in [5.41, 5.74) is 0. The van der Waals surface area contributed by atoms with Gasteiger partial charge < -0.3 is 44.8 Å². The second-order valence-corrected chi connectivity index (χ2v) is 19.3. The van der Waals surface area contributed by atoms with Crippen molar-refractivity contribution in [3.8, 4) is 0 Å². The number of hydrogen-bond donors (Lipinski definition) is 6. The molecule has 3 aliphatic heterocycles. The maximum Gasteiger partial charge on any atom is 0.335 e. The molecule has 6 atom stereocenters. The van der Waals surface area contributed by atoms with Crippen molar-refractivity contribution in [3.05, 3.63) is 36.5 Å². The highest BCUT2D eigenvalue weighted by molar-refractivity contribution is 5.76. The molecule has 404 valence electrons. The Bertz CT molecular complexity index is 1120. The van der Waals surface area contributed by atoms with Crippen molar-refractivity contribution in [2.45, 2.75) is 295 Å². The van der Waals surface area contributed by atoms with Crippen molar-refractivity contribution >= 4 is 17.9 Å². The van der Waals surface area contributed by atoms with E-state index in [0.29, 0.717) is 0 Å². The van der Waals surface area contributed by atoms with Crippen LogP contribution in [0.3, 0.4) is 0 Å². The van der Waals surface area contributed by atoms with Crippen LogP contribution < -0.4 is 0 Å². The molecular weight excluding hydrogens is 877 g/mol. The number of unbranched alkanes of at least 4 members (excludes halogenated alkanes) is 27. The molecule has 0 aliphatic carbocycles. The van der Waals surface area contributed by atoms with Crippen LogP contribution in [0.2, 0.25) is 0 Å². The van der Waals surface area contributed by atoms with Gasteiger partial charge in [0.2, 0.25) is 0 Å². The number of rotatable bonds is 44. The number of hydrogen-bond acceptors (Lipinski definition) is 9. The zero-order valence-electron chi connectivity index (χ0n) is 44.0. The number of aliphatic carboxylic acids is 3. The van der Waals surface area contributed by atoms with Gasteiger partial charge >= 0.3 is 17.9 Å². The van der Waals surface area contributed by atoms with Crippen LogP contribution in [0.4, 0.5) is 0 Å². The summed E-state index contributed by atoms with van der Waals surface area (Å²) in [6.07, 6.45) is 56.2. The highest BCUT2D eigenvalue weighted by Gasteiger charge is 2.45. The van der Waals surface area contributed by atoms with Gasteiger partial charge in [0, 0.05) is 0 Å². The summed E-state index contributed by atoms with van der Waals surface area (Å²) in [6.45, 7) is 6.04. The van der Waals surface area contributed by atoms with Crippen molar-refractivity contribution in [3.63, 3.8) is 0 Å². The zero-order valence-corrected chi connectivity index (χ0v) is 44.0. The number of carbonyl (C=O) groups is 3. The molecule has 3 saturated heterocycles. The number of carboxylic acid groups (broad SMARTS) is 3. The number of aliphatic hydroxyl groups excluding tert-OH is 3. The normalized spacial score (nSPS) is 20.0. The zero-order chi connectivity index (χ0) is 51.0. The number of epoxide rings is 3. The fraction of sp³-hybridized carbons (Fsp3) is 0.842. The van der Waals surface area contributed by atoms with Gasteiger partial charge in [0.15, 0.2) is 18.3 Å². The van der Waals surface area contributed by atoms with Crippen molar-refractivity contribution in [2.75, 3.05) is 13.2 Å². The van der Waals surface area contributed by atoms with E-state index >= 15 is 0 Å². The first kappa shape index (κ1) is 66.4. The van der Waals surface area contributed by atoms with Crippen LogP contribution in [0.1, 0.15) is 252 Å². The predicted molar refractivity (Wildman–Crippen MR) is 280 cm³/mol. The van der Waals surface area contributed by atoms with Gasteiger partial charge in [-0.1, -0.05) is 192 Å². The van der Waals surface area contributed by atoms with Crippen LogP contribution in [0, 0.1) is 0 Å². The summed E-state index contributed by atoms with van der Waals surface area (Å²) in [5.74, 6) is -2.42. The van der Waals surface area contributed by atoms with Gasteiger partial charge in [-0.3, -0.25) is 0 Å². The minimum absolute atomic E-state index is 0.00856. The fourth-order valence-electron chi connectivity index (χ4n) is 7.98. The molecule has 0 spiro atoms. The molecule has 0 aromatic carbocycles. The van der Waals surface area contributed by atoms with E-state index in [4.69, 9.17) is 44.8 Å². The van der Waals surface area contributed by atoms with Crippen LogP contribution in [-0.4, -0.2) is 104 Å². The van der Waals surface area contributed by atoms with E-state index in [0.717, 1.165) is 57.8 Å². The van der Waals surface area contributed by atoms with Crippen molar-refractivity contribution in [1.29, 1.82) is 0 Å². The first-order chi connectivity index (χ1) is 33.6. The summed E-state index contributed by atoms with van der Waals surface area (Å²) >= 11 is 0. The molecule has 3 fully saturated rings. The van der Waals surface area contributed by atoms with Crippen molar-refractivity contribution in [1.82, 2.24) is 0 Å². The van der Waals surface area contributed by atoms with E-state index in [1.54, 1.807) is 0 Å². The van der Waals surface area contributed by atoms with Crippen LogP contribution in [0.15, 0.2) is 36.5 Å². The van der Waals surface area contributed by atoms with Gasteiger partial charge in [0.25, 0.3) is 0 Å². The van der Waals surface area contributed by atoms with Crippen LogP contribution in [-0.2, 0) is 28.6 Å². The Labute approximate surface area is 420 Å². The molecule has 0 aromatic heterocycles. The van der Waals surface area contributed by atoms with E-state index < -0.39 is 42.3 Å². The van der Waals surface area contributed by atoms with Gasteiger partial charge in [-0.2, -0.15) is 0 Å². The number of ether oxygens (including phenoxy) is 3. The Morgan fingerprint density at radius 2 is 0.565 bits per heavy atom. The Morgan fingerprint density at radius 1 is 0.362 bits per heavy atom. The predicted octanol–water partition coefficient (Wildman–Crippen LogP) is 13.6. The van der Waals surface area contributed by atoms with Crippen molar-refractivity contribution < 1.29 is 59.2 Å². The number of allylic oxidation sites excluding steroid dienone is 6. The van der Waals surface area contributed by atoms with Crippen LogP contribution >= 0.6 is 0 Å². The molecule has 12 heteroatoms. The SMILES string of the molecule is CCCCCCCCC=CCCCCCC1OC1C(=O)O.CCCCCCCCC=CCCCCCC1OC1C(=O)O.CCCCCCCCC=CCCCCCC1OC1C(=O)O.OCC(O)CO. The minimum atomic E-state index is -0.954. The third kappa shape index (κ3) is 45.0. The smallest absolute Gasteiger partial charge is 0.335 e. The van der Waals surface area contributed by atoms with Gasteiger partial charge in [-0.05, 0) is 96.3 Å². The molecule has 0 radical (unpaired) electrons. The molecule has 6 N–H and O–H groups in total. The Hall–Kier alpha value is -2.61. The summed E-state index contributed by atoms with van der Waals surface area (Å²) in [4.78, 5) is 31.7. The lowest BCUT2D eigenvalue weighted by molar-refractivity contribution is -0.139. The minimum Gasteiger partial charge on any atom is -0.479 e.